The molecule has 0 unspecified atom stereocenters. The highest BCUT2D eigenvalue weighted by Gasteiger charge is 2.32. The molecule has 6 nitrogen and oxygen atoms in total. The molecule has 1 aliphatic rings. The smallest absolute Gasteiger partial charge is 0.227 e. The number of nitrogen functional groups attached to an aromatic ring is 1. The first-order valence-electron chi connectivity index (χ1n) is 9.49. The average Bonchev–Trinajstić information content (AvgIpc) is 3.14. The van der Waals surface area contributed by atoms with Crippen molar-refractivity contribution in [2.24, 2.45) is 0 Å². The summed E-state index contributed by atoms with van der Waals surface area (Å²) < 4.78 is 11.4. The van der Waals surface area contributed by atoms with Crippen molar-refractivity contribution >= 4 is 17.3 Å². The molecule has 1 aliphatic heterocycles. The lowest BCUT2D eigenvalue weighted by atomic mass is 9.98. The zero-order chi connectivity index (χ0) is 20.2. The minimum Gasteiger partial charge on any atom is -0.493 e. The number of rotatable bonds is 6. The molecule has 1 fully saturated rings. The second kappa shape index (κ2) is 8.22. The molecule has 0 radical (unpaired) electrons. The minimum atomic E-state index is 0.0816. The van der Waals surface area contributed by atoms with Gasteiger partial charge in [0.2, 0.25) is 5.91 Å². The van der Waals surface area contributed by atoms with Gasteiger partial charge in [-0.25, -0.2) is 0 Å². The maximum absolute atomic E-state index is 12.6. The van der Waals surface area contributed by atoms with E-state index < -0.39 is 0 Å². The van der Waals surface area contributed by atoms with E-state index in [0.717, 1.165) is 16.8 Å². The van der Waals surface area contributed by atoms with E-state index in [0.29, 0.717) is 36.8 Å². The van der Waals surface area contributed by atoms with Crippen LogP contribution in [-0.4, -0.2) is 24.5 Å². The molecule has 29 heavy (non-hydrogen) atoms. The molecule has 0 aliphatic carbocycles. The van der Waals surface area contributed by atoms with Crippen molar-refractivity contribution in [3.05, 3.63) is 78.1 Å². The van der Waals surface area contributed by atoms with Gasteiger partial charge in [-0.1, -0.05) is 12.1 Å². The Balaban J connectivity index is 1.53. The molecule has 2 aromatic carbocycles. The van der Waals surface area contributed by atoms with Crippen LogP contribution in [0.25, 0.3) is 0 Å². The number of amides is 1. The van der Waals surface area contributed by atoms with E-state index in [9.17, 15) is 4.79 Å². The van der Waals surface area contributed by atoms with E-state index in [1.807, 2.05) is 54.6 Å². The second-order valence-corrected chi connectivity index (χ2v) is 7.05. The fourth-order valence-corrected chi connectivity index (χ4v) is 3.57. The van der Waals surface area contributed by atoms with Gasteiger partial charge in [-0.15, -0.1) is 0 Å². The van der Waals surface area contributed by atoms with Gasteiger partial charge in [0, 0.05) is 42.7 Å². The zero-order valence-electron chi connectivity index (χ0n) is 16.2. The third-order valence-electron chi connectivity index (χ3n) is 5.11. The van der Waals surface area contributed by atoms with Crippen LogP contribution in [0.4, 0.5) is 11.4 Å². The van der Waals surface area contributed by atoms with Crippen molar-refractivity contribution in [3.8, 4) is 11.5 Å². The van der Waals surface area contributed by atoms with Crippen LogP contribution in [0.3, 0.4) is 0 Å². The molecule has 1 saturated heterocycles. The summed E-state index contributed by atoms with van der Waals surface area (Å²) in [7, 11) is 1.62. The molecule has 4 rings (SSSR count). The fraction of sp³-hybridized carbons (Fsp3) is 0.217. The van der Waals surface area contributed by atoms with Gasteiger partial charge in [0.15, 0.2) is 11.5 Å². The summed E-state index contributed by atoms with van der Waals surface area (Å²) >= 11 is 0. The summed E-state index contributed by atoms with van der Waals surface area (Å²) in [5.41, 5.74) is 9.44. The monoisotopic (exact) mass is 389 g/mol. The highest BCUT2D eigenvalue weighted by molar-refractivity contribution is 5.96. The summed E-state index contributed by atoms with van der Waals surface area (Å²) in [6, 6.07) is 17.1. The van der Waals surface area contributed by atoms with Gasteiger partial charge in [0.25, 0.3) is 0 Å². The van der Waals surface area contributed by atoms with Gasteiger partial charge < -0.3 is 20.1 Å². The number of pyridine rings is 1. The number of methoxy groups -OCH3 is 1. The van der Waals surface area contributed by atoms with E-state index in [1.165, 1.54) is 0 Å². The Hall–Kier alpha value is -3.54. The maximum atomic E-state index is 12.6. The van der Waals surface area contributed by atoms with E-state index in [4.69, 9.17) is 15.2 Å². The van der Waals surface area contributed by atoms with Gasteiger partial charge in [0.1, 0.15) is 6.61 Å². The Morgan fingerprint density at radius 2 is 1.93 bits per heavy atom. The predicted octanol–water partition coefficient (Wildman–Crippen LogP) is 3.77. The number of ether oxygens (including phenoxy) is 2. The van der Waals surface area contributed by atoms with Crippen LogP contribution in [0.1, 0.15) is 23.5 Å². The Kier molecular flexibility index (Phi) is 5.33. The van der Waals surface area contributed by atoms with E-state index in [1.54, 1.807) is 24.4 Å². The predicted molar refractivity (Wildman–Crippen MR) is 112 cm³/mol. The third kappa shape index (κ3) is 4.16. The lowest BCUT2D eigenvalue weighted by Crippen LogP contribution is -2.24. The number of carbonyl (C=O) groups is 1. The molecule has 0 bridgehead atoms. The lowest BCUT2D eigenvalue weighted by molar-refractivity contribution is -0.117. The highest BCUT2D eigenvalue weighted by atomic mass is 16.5. The van der Waals surface area contributed by atoms with Crippen molar-refractivity contribution in [1.82, 2.24) is 4.98 Å². The molecule has 3 aromatic rings. The van der Waals surface area contributed by atoms with Gasteiger partial charge in [-0.2, -0.15) is 0 Å². The number of nitrogens with two attached hydrogens (primary N) is 1. The summed E-state index contributed by atoms with van der Waals surface area (Å²) in [5, 5.41) is 0. The zero-order valence-corrected chi connectivity index (χ0v) is 16.2. The summed E-state index contributed by atoms with van der Waals surface area (Å²) in [6.07, 6.45) is 3.92. The van der Waals surface area contributed by atoms with Crippen LogP contribution >= 0.6 is 0 Å². The summed E-state index contributed by atoms with van der Waals surface area (Å²) in [4.78, 5) is 18.4. The second-order valence-electron chi connectivity index (χ2n) is 7.05. The molecule has 148 valence electrons. The van der Waals surface area contributed by atoms with Gasteiger partial charge in [0.05, 0.1) is 7.11 Å². The number of hydrogen-bond acceptors (Lipinski definition) is 5. The fourth-order valence-electron chi connectivity index (χ4n) is 3.57. The Bertz CT molecular complexity index is 1010. The third-order valence-corrected chi connectivity index (χ3v) is 5.11. The average molecular weight is 389 g/mol. The molecular weight excluding hydrogens is 366 g/mol. The van der Waals surface area contributed by atoms with Crippen molar-refractivity contribution in [3.63, 3.8) is 0 Å². The normalized spacial score (nSPS) is 16.1. The van der Waals surface area contributed by atoms with Crippen LogP contribution in [0, 0.1) is 0 Å². The Morgan fingerprint density at radius 3 is 2.69 bits per heavy atom. The Morgan fingerprint density at radius 1 is 1.10 bits per heavy atom. The first-order valence-corrected chi connectivity index (χ1v) is 9.49. The van der Waals surface area contributed by atoms with Crippen LogP contribution in [0.15, 0.2) is 67.0 Å². The molecule has 0 saturated carbocycles. The number of anilines is 2. The van der Waals surface area contributed by atoms with E-state index >= 15 is 0 Å². The molecular formula is C23H23N3O3. The summed E-state index contributed by atoms with van der Waals surface area (Å²) in [5.74, 6) is 1.50. The minimum absolute atomic E-state index is 0.0816. The van der Waals surface area contributed by atoms with Crippen molar-refractivity contribution in [2.75, 3.05) is 24.3 Å². The largest absolute Gasteiger partial charge is 0.493 e. The molecule has 2 N–H and O–H groups in total. The quantitative estimate of drug-likeness (QED) is 0.650. The Labute approximate surface area is 169 Å². The number of benzene rings is 2. The number of aromatic nitrogens is 1. The standard InChI is InChI=1S/C23H23N3O3/c1-28-21-6-5-17(11-22(21)29-15-16-7-9-25-10-8-16)18-12-23(27)26(14-18)20-4-2-3-19(24)13-20/h2-11,13,18H,12,14-15,24H2,1H3/t18-/m0/s1. The van der Waals surface area contributed by atoms with Crippen LogP contribution in [-0.2, 0) is 11.4 Å². The SMILES string of the molecule is COc1ccc([C@H]2CC(=O)N(c3cccc(N)c3)C2)cc1OCc1ccncc1. The van der Waals surface area contributed by atoms with Crippen LogP contribution in [0.2, 0.25) is 0 Å². The number of nitrogens with zero attached hydrogens (tertiary/aromatic N) is 2. The van der Waals surface area contributed by atoms with Gasteiger partial charge in [-0.05, 0) is 53.6 Å². The maximum Gasteiger partial charge on any atom is 0.227 e. The van der Waals surface area contributed by atoms with Gasteiger partial charge >= 0.3 is 0 Å². The first-order chi connectivity index (χ1) is 14.1. The molecule has 1 aromatic heterocycles. The van der Waals surface area contributed by atoms with Crippen molar-refractivity contribution in [1.29, 1.82) is 0 Å². The lowest BCUT2D eigenvalue weighted by Gasteiger charge is -2.18. The van der Waals surface area contributed by atoms with Crippen molar-refractivity contribution < 1.29 is 14.3 Å². The molecule has 0 spiro atoms. The van der Waals surface area contributed by atoms with Crippen LogP contribution < -0.4 is 20.1 Å². The topological polar surface area (TPSA) is 77.7 Å². The number of carbonyl (C=O) groups excluding carboxylic acids is 1. The van der Waals surface area contributed by atoms with E-state index in [2.05, 4.69) is 4.98 Å². The first kappa shape index (κ1) is 18.8. The molecule has 1 amide bonds. The number of hydrogen-bond donors (Lipinski definition) is 1. The van der Waals surface area contributed by atoms with Crippen molar-refractivity contribution in [2.45, 2.75) is 18.9 Å². The van der Waals surface area contributed by atoms with Crippen LogP contribution in [0.5, 0.6) is 11.5 Å². The highest BCUT2D eigenvalue weighted by Crippen LogP contribution is 2.37. The summed E-state index contributed by atoms with van der Waals surface area (Å²) in [6.45, 7) is 1.03. The van der Waals surface area contributed by atoms with Gasteiger partial charge in [-0.3, -0.25) is 9.78 Å². The molecule has 2 heterocycles. The molecule has 6 heteroatoms. The molecule has 1 atom stereocenters. The van der Waals surface area contributed by atoms with E-state index in [-0.39, 0.29) is 11.8 Å².